The summed E-state index contributed by atoms with van der Waals surface area (Å²) in [7, 11) is 0. The Balaban J connectivity index is 1.50. The second-order valence-electron chi connectivity index (χ2n) is 5.33. The minimum Gasteiger partial charge on any atom is -0.485 e. The van der Waals surface area contributed by atoms with E-state index in [9.17, 15) is 9.59 Å². The van der Waals surface area contributed by atoms with Crippen molar-refractivity contribution in [2.75, 3.05) is 6.61 Å². The third-order valence-electron chi connectivity index (χ3n) is 3.47. The maximum atomic E-state index is 12.1. The van der Waals surface area contributed by atoms with E-state index in [2.05, 4.69) is 10.9 Å². The van der Waals surface area contributed by atoms with Gasteiger partial charge < -0.3 is 9.47 Å². The van der Waals surface area contributed by atoms with Gasteiger partial charge in [-0.2, -0.15) is 0 Å². The zero-order chi connectivity index (χ0) is 17.8. The van der Waals surface area contributed by atoms with E-state index in [-0.39, 0.29) is 13.0 Å². The van der Waals surface area contributed by atoms with Crippen LogP contribution < -0.4 is 20.3 Å². The van der Waals surface area contributed by atoms with Gasteiger partial charge in [-0.05, 0) is 29.8 Å². The Morgan fingerprint density at radius 2 is 1.80 bits per heavy atom. The molecule has 1 heterocycles. The van der Waals surface area contributed by atoms with E-state index < -0.39 is 17.9 Å². The van der Waals surface area contributed by atoms with E-state index >= 15 is 0 Å². The lowest BCUT2D eigenvalue weighted by atomic mass is 10.1. The summed E-state index contributed by atoms with van der Waals surface area (Å²) in [5.41, 5.74) is 5.34. The van der Waals surface area contributed by atoms with Crippen molar-refractivity contribution in [1.29, 1.82) is 0 Å². The number of nitrogens with one attached hydrogen (secondary N) is 2. The van der Waals surface area contributed by atoms with E-state index in [1.165, 1.54) is 0 Å². The van der Waals surface area contributed by atoms with Gasteiger partial charge in [-0.1, -0.05) is 41.4 Å². The fourth-order valence-corrected chi connectivity index (χ4v) is 2.56. The van der Waals surface area contributed by atoms with Crippen LogP contribution >= 0.6 is 23.2 Å². The zero-order valence-electron chi connectivity index (χ0n) is 12.9. The summed E-state index contributed by atoms with van der Waals surface area (Å²) in [6.45, 7) is 0.0610. The molecule has 2 amide bonds. The van der Waals surface area contributed by atoms with Crippen LogP contribution in [0.1, 0.15) is 5.56 Å². The van der Waals surface area contributed by atoms with Crippen LogP contribution in [0.2, 0.25) is 10.0 Å². The third-order valence-corrected chi connectivity index (χ3v) is 4.21. The molecule has 0 bridgehead atoms. The maximum absolute atomic E-state index is 12.1. The Morgan fingerprint density at radius 3 is 2.56 bits per heavy atom. The Bertz CT molecular complexity index is 813. The predicted octanol–water partition coefficient (Wildman–Crippen LogP) is 2.52. The normalized spacial score (nSPS) is 15.4. The second-order valence-corrected chi connectivity index (χ2v) is 6.14. The van der Waals surface area contributed by atoms with Crippen LogP contribution in [-0.4, -0.2) is 24.5 Å². The van der Waals surface area contributed by atoms with Crippen molar-refractivity contribution in [1.82, 2.24) is 10.9 Å². The number of halogens is 2. The molecule has 2 aromatic carbocycles. The summed E-state index contributed by atoms with van der Waals surface area (Å²) in [6, 6.07) is 11.9. The van der Waals surface area contributed by atoms with E-state index in [0.717, 1.165) is 0 Å². The molecule has 0 aliphatic carbocycles. The molecule has 1 atom stereocenters. The summed E-state index contributed by atoms with van der Waals surface area (Å²) >= 11 is 11.7. The van der Waals surface area contributed by atoms with Crippen LogP contribution in [0.5, 0.6) is 11.5 Å². The number of rotatable bonds is 3. The molecule has 0 spiro atoms. The molecule has 3 rings (SSSR count). The minimum absolute atomic E-state index is 0.0437. The highest BCUT2D eigenvalue weighted by Crippen LogP contribution is 2.30. The van der Waals surface area contributed by atoms with Crippen molar-refractivity contribution in [3.05, 3.63) is 58.1 Å². The number of hydrogen-bond donors (Lipinski definition) is 2. The largest absolute Gasteiger partial charge is 0.485 e. The molecular formula is C17H14Cl2N2O4. The summed E-state index contributed by atoms with van der Waals surface area (Å²) in [4.78, 5) is 24.0. The highest BCUT2D eigenvalue weighted by molar-refractivity contribution is 6.42. The van der Waals surface area contributed by atoms with Gasteiger partial charge >= 0.3 is 0 Å². The van der Waals surface area contributed by atoms with Crippen LogP contribution in [0.25, 0.3) is 0 Å². The Morgan fingerprint density at radius 1 is 1.04 bits per heavy atom. The Hall–Kier alpha value is -2.44. The molecule has 0 radical (unpaired) electrons. The van der Waals surface area contributed by atoms with Crippen molar-refractivity contribution >= 4 is 35.0 Å². The number of hydrogen-bond acceptors (Lipinski definition) is 4. The van der Waals surface area contributed by atoms with Crippen molar-refractivity contribution < 1.29 is 19.1 Å². The van der Waals surface area contributed by atoms with Crippen LogP contribution in [0.15, 0.2) is 42.5 Å². The average Bonchev–Trinajstić information content (AvgIpc) is 2.62. The molecule has 0 saturated heterocycles. The minimum atomic E-state index is -0.847. The molecule has 0 saturated carbocycles. The number of fused-ring (bicyclic) bond motifs is 1. The van der Waals surface area contributed by atoms with E-state index in [1.54, 1.807) is 36.4 Å². The van der Waals surface area contributed by atoms with Gasteiger partial charge in [-0.15, -0.1) is 0 Å². The lowest BCUT2D eigenvalue weighted by Gasteiger charge is -2.25. The van der Waals surface area contributed by atoms with Crippen molar-refractivity contribution in [2.24, 2.45) is 0 Å². The van der Waals surface area contributed by atoms with Gasteiger partial charge in [0.2, 0.25) is 12.0 Å². The average molecular weight is 381 g/mol. The summed E-state index contributed by atoms with van der Waals surface area (Å²) in [6.07, 6.45) is -0.803. The van der Waals surface area contributed by atoms with Gasteiger partial charge in [-0.25, -0.2) is 0 Å². The lowest BCUT2D eigenvalue weighted by Crippen LogP contribution is -2.51. The smallest absolute Gasteiger partial charge is 0.283 e. The van der Waals surface area contributed by atoms with Gasteiger partial charge in [-0.3, -0.25) is 20.4 Å². The first-order valence-corrected chi connectivity index (χ1v) is 8.19. The highest BCUT2D eigenvalue weighted by atomic mass is 35.5. The lowest BCUT2D eigenvalue weighted by molar-refractivity contribution is -0.134. The predicted molar refractivity (Wildman–Crippen MR) is 92.8 cm³/mol. The standard InChI is InChI=1S/C17H14Cl2N2O4/c18-11-6-5-10(7-12(11)19)8-16(22)20-21-17(23)15-9-24-13-3-1-2-4-14(13)25-15/h1-7,15H,8-9H2,(H,20,22)(H,21,23)/t15-/m0/s1. The van der Waals surface area contributed by atoms with E-state index in [4.69, 9.17) is 32.7 Å². The van der Waals surface area contributed by atoms with Crippen molar-refractivity contribution in [3.8, 4) is 11.5 Å². The first kappa shape index (κ1) is 17.4. The third kappa shape index (κ3) is 4.35. The zero-order valence-corrected chi connectivity index (χ0v) is 14.4. The summed E-state index contributed by atoms with van der Waals surface area (Å²) in [5, 5.41) is 0.774. The Labute approximate surface area is 154 Å². The molecule has 1 aliphatic heterocycles. The molecule has 1 aliphatic rings. The molecule has 2 N–H and O–H groups in total. The molecule has 0 aromatic heterocycles. The van der Waals surface area contributed by atoms with Crippen molar-refractivity contribution in [2.45, 2.75) is 12.5 Å². The van der Waals surface area contributed by atoms with Crippen molar-refractivity contribution in [3.63, 3.8) is 0 Å². The van der Waals surface area contributed by atoms with Crippen LogP contribution in [0.3, 0.4) is 0 Å². The molecular weight excluding hydrogens is 367 g/mol. The molecule has 130 valence electrons. The van der Waals surface area contributed by atoms with Gasteiger partial charge in [0.05, 0.1) is 16.5 Å². The Kier molecular flexibility index (Phi) is 5.31. The molecule has 0 unspecified atom stereocenters. The first-order valence-electron chi connectivity index (χ1n) is 7.44. The number of carbonyl (C=O) groups is 2. The fraction of sp³-hybridized carbons (Fsp3) is 0.176. The molecule has 0 fully saturated rings. The van der Waals surface area contributed by atoms with Gasteiger partial charge in [0.25, 0.3) is 5.91 Å². The second kappa shape index (κ2) is 7.63. The summed E-state index contributed by atoms with van der Waals surface area (Å²) < 4.78 is 11.0. The number of ether oxygens (including phenoxy) is 2. The SMILES string of the molecule is O=C(Cc1ccc(Cl)c(Cl)c1)NNC(=O)[C@@H]1COc2ccccc2O1. The fourth-order valence-electron chi connectivity index (χ4n) is 2.24. The van der Waals surface area contributed by atoms with Crippen LogP contribution in [-0.2, 0) is 16.0 Å². The monoisotopic (exact) mass is 380 g/mol. The highest BCUT2D eigenvalue weighted by Gasteiger charge is 2.27. The number of carbonyl (C=O) groups excluding carboxylic acids is 2. The van der Waals surface area contributed by atoms with E-state index in [1.807, 2.05) is 6.07 Å². The molecule has 8 heteroatoms. The number of amides is 2. The molecule has 6 nitrogen and oxygen atoms in total. The molecule has 25 heavy (non-hydrogen) atoms. The topological polar surface area (TPSA) is 76.7 Å². The van der Waals surface area contributed by atoms with Gasteiger partial charge in [0, 0.05) is 0 Å². The summed E-state index contributed by atoms with van der Waals surface area (Å²) in [5.74, 6) is 0.159. The van der Waals surface area contributed by atoms with Gasteiger partial charge in [0.1, 0.15) is 6.61 Å². The van der Waals surface area contributed by atoms with Crippen LogP contribution in [0.4, 0.5) is 0 Å². The van der Waals surface area contributed by atoms with Gasteiger partial charge in [0.15, 0.2) is 11.5 Å². The maximum Gasteiger partial charge on any atom is 0.283 e. The molecule has 2 aromatic rings. The quantitative estimate of drug-likeness (QED) is 0.802. The number of benzene rings is 2. The number of hydrazine groups is 1. The van der Waals surface area contributed by atoms with E-state index in [0.29, 0.717) is 27.1 Å². The number of para-hydroxylation sites is 2. The first-order chi connectivity index (χ1) is 12.0. The van der Waals surface area contributed by atoms with Crippen LogP contribution in [0, 0.1) is 0 Å².